The van der Waals surface area contributed by atoms with Crippen molar-refractivity contribution in [2.24, 2.45) is 5.73 Å². The third kappa shape index (κ3) is 3.87. The van der Waals surface area contributed by atoms with Gasteiger partial charge in [-0.3, -0.25) is 0 Å². The summed E-state index contributed by atoms with van der Waals surface area (Å²) in [5.41, 5.74) is 8.35. The van der Waals surface area contributed by atoms with Crippen LogP contribution in [-0.4, -0.2) is 31.8 Å². The standard InChI is InChI=1S/C16H25ClN2O/c1-3-20-13-6-5-9-19(11-13)16-8-4-7-15(17)14(16)10-12(2)18/h4,7-8,12-13H,3,5-6,9-11,18H2,1-2H3. The molecule has 20 heavy (non-hydrogen) atoms. The van der Waals surface area contributed by atoms with Gasteiger partial charge in [-0.1, -0.05) is 17.7 Å². The summed E-state index contributed by atoms with van der Waals surface area (Å²) >= 11 is 6.38. The first-order valence-corrected chi connectivity index (χ1v) is 7.89. The molecule has 0 saturated carbocycles. The molecule has 2 atom stereocenters. The van der Waals surface area contributed by atoms with Crippen LogP contribution in [0, 0.1) is 0 Å². The van der Waals surface area contributed by atoms with Gasteiger partial charge in [0.1, 0.15) is 0 Å². The molecule has 0 aliphatic carbocycles. The molecular weight excluding hydrogens is 272 g/mol. The highest BCUT2D eigenvalue weighted by molar-refractivity contribution is 6.31. The van der Waals surface area contributed by atoms with Crippen LogP contribution in [0.1, 0.15) is 32.3 Å². The molecule has 0 radical (unpaired) electrons. The molecule has 0 aromatic heterocycles. The zero-order valence-electron chi connectivity index (χ0n) is 12.4. The number of piperidine rings is 1. The summed E-state index contributed by atoms with van der Waals surface area (Å²) in [5.74, 6) is 0. The number of nitrogens with two attached hydrogens (primary N) is 1. The molecule has 2 N–H and O–H groups in total. The molecule has 3 nitrogen and oxygen atoms in total. The van der Waals surface area contributed by atoms with E-state index >= 15 is 0 Å². The summed E-state index contributed by atoms with van der Waals surface area (Å²) in [6.45, 7) is 6.86. The average molecular weight is 297 g/mol. The van der Waals surface area contributed by atoms with Crippen LogP contribution in [0.25, 0.3) is 0 Å². The van der Waals surface area contributed by atoms with Crippen LogP contribution in [0.4, 0.5) is 5.69 Å². The van der Waals surface area contributed by atoms with E-state index in [1.54, 1.807) is 0 Å². The average Bonchev–Trinajstić information content (AvgIpc) is 2.41. The van der Waals surface area contributed by atoms with Gasteiger partial charge in [0.25, 0.3) is 0 Å². The quantitative estimate of drug-likeness (QED) is 0.906. The minimum absolute atomic E-state index is 0.112. The van der Waals surface area contributed by atoms with E-state index in [9.17, 15) is 0 Å². The first kappa shape index (κ1) is 15.6. The van der Waals surface area contributed by atoms with E-state index in [0.717, 1.165) is 44.0 Å². The second-order valence-corrected chi connectivity index (χ2v) is 5.99. The van der Waals surface area contributed by atoms with Gasteiger partial charge in [0, 0.05) is 36.4 Å². The predicted octanol–water partition coefficient (Wildman–Crippen LogP) is 3.24. The van der Waals surface area contributed by atoms with Crippen molar-refractivity contribution in [1.82, 2.24) is 0 Å². The van der Waals surface area contributed by atoms with Crippen molar-refractivity contribution >= 4 is 17.3 Å². The SMILES string of the molecule is CCOC1CCCN(c2cccc(Cl)c2CC(C)N)C1. The molecule has 112 valence electrons. The molecule has 2 unspecified atom stereocenters. The van der Waals surface area contributed by atoms with E-state index in [-0.39, 0.29) is 6.04 Å². The highest BCUT2D eigenvalue weighted by Gasteiger charge is 2.23. The van der Waals surface area contributed by atoms with Crippen molar-refractivity contribution in [2.75, 3.05) is 24.6 Å². The van der Waals surface area contributed by atoms with Crippen LogP contribution in [0.15, 0.2) is 18.2 Å². The Morgan fingerprint density at radius 1 is 1.50 bits per heavy atom. The molecule has 1 aromatic carbocycles. The van der Waals surface area contributed by atoms with Crippen molar-refractivity contribution < 1.29 is 4.74 Å². The van der Waals surface area contributed by atoms with E-state index in [1.807, 2.05) is 19.1 Å². The Bertz CT molecular complexity index is 434. The van der Waals surface area contributed by atoms with Crippen molar-refractivity contribution in [3.63, 3.8) is 0 Å². The van der Waals surface area contributed by atoms with Gasteiger partial charge in [-0.05, 0) is 50.8 Å². The maximum absolute atomic E-state index is 6.38. The van der Waals surface area contributed by atoms with E-state index < -0.39 is 0 Å². The smallest absolute Gasteiger partial charge is 0.0750 e. The monoisotopic (exact) mass is 296 g/mol. The lowest BCUT2D eigenvalue weighted by molar-refractivity contribution is 0.0526. The molecule has 1 aliphatic rings. The maximum atomic E-state index is 6.38. The Kier molecular flexibility index (Phi) is 5.70. The molecule has 1 heterocycles. The third-order valence-electron chi connectivity index (χ3n) is 3.74. The van der Waals surface area contributed by atoms with Crippen LogP contribution in [-0.2, 0) is 11.2 Å². The molecule has 4 heteroatoms. The Morgan fingerprint density at radius 3 is 3.00 bits per heavy atom. The molecule has 1 aromatic rings. The maximum Gasteiger partial charge on any atom is 0.0750 e. The Labute approximate surface area is 127 Å². The predicted molar refractivity (Wildman–Crippen MR) is 85.7 cm³/mol. The van der Waals surface area contributed by atoms with Gasteiger partial charge in [-0.25, -0.2) is 0 Å². The molecule has 0 bridgehead atoms. The van der Waals surface area contributed by atoms with Gasteiger partial charge >= 0.3 is 0 Å². The van der Waals surface area contributed by atoms with Crippen LogP contribution in [0.3, 0.4) is 0 Å². The van der Waals surface area contributed by atoms with Crippen LogP contribution in [0.2, 0.25) is 5.02 Å². The van der Waals surface area contributed by atoms with Crippen molar-refractivity contribution in [3.8, 4) is 0 Å². The van der Waals surface area contributed by atoms with Crippen LogP contribution in [0.5, 0.6) is 0 Å². The molecule has 1 fully saturated rings. The van der Waals surface area contributed by atoms with E-state index in [2.05, 4.69) is 17.9 Å². The van der Waals surface area contributed by atoms with Crippen molar-refractivity contribution in [2.45, 2.75) is 45.3 Å². The van der Waals surface area contributed by atoms with Gasteiger partial charge in [0.15, 0.2) is 0 Å². The number of ether oxygens (including phenoxy) is 1. The number of benzene rings is 1. The van der Waals surface area contributed by atoms with Gasteiger partial charge in [0.2, 0.25) is 0 Å². The first-order valence-electron chi connectivity index (χ1n) is 7.51. The lowest BCUT2D eigenvalue weighted by Gasteiger charge is -2.35. The van der Waals surface area contributed by atoms with E-state index in [1.165, 1.54) is 11.3 Å². The number of hydrogen-bond acceptors (Lipinski definition) is 3. The number of rotatable bonds is 5. The fourth-order valence-corrected chi connectivity index (χ4v) is 3.14. The molecular formula is C16H25ClN2O. The minimum atomic E-state index is 0.112. The largest absolute Gasteiger partial charge is 0.377 e. The van der Waals surface area contributed by atoms with Gasteiger partial charge in [0.05, 0.1) is 6.10 Å². The second kappa shape index (κ2) is 7.30. The first-order chi connectivity index (χ1) is 9.61. The number of hydrogen-bond donors (Lipinski definition) is 1. The normalized spacial score (nSPS) is 21.0. The Balaban J connectivity index is 2.20. The van der Waals surface area contributed by atoms with Crippen molar-refractivity contribution in [1.29, 1.82) is 0 Å². The lowest BCUT2D eigenvalue weighted by Crippen LogP contribution is -2.40. The van der Waals surface area contributed by atoms with Crippen molar-refractivity contribution in [3.05, 3.63) is 28.8 Å². The molecule has 1 aliphatic heterocycles. The van der Waals surface area contributed by atoms with Crippen LogP contribution < -0.4 is 10.6 Å². The highest BCUT2D eigenvalue weighted by atomic mass is 35.5. The summed E-state index contributed by atoms with van der Waals surface area (Å²) in [6, 6.07) is 6.23. The van der Waals surface area contributed by atoms with Gasteiger partial charge in [-0.2, -0.15) is 0 Å². The second-order valence-electron chi connectivity index (χ2n) is 5.58. The summed E-state index contributed by atoms with van der Waals surface area (Å²) in [7, 11) is 0. The van der Waals surface area contributed by atoms with Crippen LogP contribution >= 0.6 is 11.6 Å². The Morgan fingerprint density at radius 2 is 2.30 bits per heavy atom. The van der Waals surface area contributed by atoms with E-state index in [4.69, 9.17) is 22.1 Å². The summed E-state index contributed by atoms with van der Waals surface area (Å²) < 4.78 is 5.79. The lowest BCUT2D eigenvalue weighted by atomic mass is 10.0. The molecule has 1 saturated heterocycles. The number of anilines is 1. The zero-order valence-corrected chi connectivity index (χ0v) is 13.2. The Hall–Kier alpha value is -0.770. The highest BCUT2D eigenvalue weighted by Crippen LogP contribution is 2.31. The number of nitrogens with zero attached hydrogens (tertiary/aromatic N) is 1. The third-order valence-corrected chi connectivity index (χ3v) is 4.10. The van der Waals surface area contributed by atoms with Gasteiger partial charge in [-0.15, -0.1) is 0 Å². The summed E-state index contributed by atoms with van der Waals surface area (Å²) in [4.78, 5) is 2.40. The fraction of sp³-hybridized carbons (Fsp3) is 0.625. The number of halogens is 1. The minimum Gasteiger partial charge on any atom is -0.377 e. The van der Waals surface area contributed by atoms with Gasteiger partial charge < -0.3 is 15.4 Å². The zero-order chi connectivity index (χ0) is 14.5. The molecule has 0 spiro atoms. The summed E-state index contributed by atoms with van der Waals surface area (Å²) in [6.07, 6.45) is 3.45. The molecule has 0 amide bonds. The summed E-state index contributed by atoms with van der Waals surface area (Å²) in [5, 5.41) is 0.818. The fourth-order valence-electron chi connectivity index (χ4n) is 2.90. The molecule has 2 rings (SSSR count). The topological polar surface area (TPSA) is 38.5 Å². The van der Waals surface area contributed by atoms with E-state index in [0.29, 0.717) is 6.10 Å².